The Morgan fingerprint density at radius 3 is 2.55 bits per heavy atom. The highest BCUT2D eigenvalue weighted by atomic mass is 16.5. The number of nitrogens with one attached hydrogen (secondary N) is 2. The highest BCUT2D eigenvalue weighted by molar-refractivity contribution is 6.35. The van der Waals surface area contributed by atoms with E-state index in [4.69, 9.17) is 4.74 Å². The van der Waals surface area contributed by atoms with Crippen molar-refractivity contribution in [1.29, 1.82) is 0 Å². The van der Waals surface area contributed by atoms with E-state index < -0.39 is 11.8 Å². The second-order valence-corrected chi connectivity index (χ2v) is 8.15. The van der Waals surface area contributed by atoms with Gasteiger partial charge in [0.25, 0.3) is 5.91 Å². The van der Waals surface area contributed by atoms with E-state index >= 15 is 0 Å². The zero-order chi connectivity index (χ0) is 20.4. The maximum atomic E-state index is 12.8. The Morgan fingerprint density at radius 1 is 1.14 bits per heavy atom. The zero-order valence-electron chi connectivity index (χ0n) is 16.6. The third-order valence-electron chi connectivity index (χ3n) is 5.78. The van der Waals surface area contributed by atoms with Gasteiger partial charge in [0, 0.05) is 55.6 Å². The maximum Gasteiger partial charge on any atom is 0.312 e. The first-order chi connectivity index (χ1) is 14.0. The summed E-state index contributed by atoms with van der Waals surface area (Å²) in [6, 6.07) is 9.58. The number of fused-ring (bicyclic) bond motifs is 1. The lowest BCUT2D eigenvalue weighted by Gasteiger charge is -2.34. The molecule has 0 aliphatic carbocycles. The van der Waals surface area contributed by atoms with Crippen LogP contribution >= 0.6 is 0 Å². The van der Waals surface area contributed by atoms with Gasteiger partial charge in [0.15, 0.2) is 0 Å². The average molecular weight is 398 g/mol. The Morgan fingerprint density at radius 2 is 1.86 bits per heavy atom. The zero-order valence-corrected chi connectivity index (χ0v) is 16.6. The lowest BCUT2D eigenvalue weighted by Crippen LogP contribution is -2.54. The van der Waals surface area contributed by atoms with Crippen molar-refractivity contribution in [2.75, 3.05) is 45.9 Å². The Bertz CT molecular complexity index is 891. The van der Waals surface area contributed by atoms with Gasteiger partial charge in [-0.15, -0.1) is 0 Å². The fourth-order valence-corrected chi connectivity index (χ4v) is 3.83. The van der Waals surface area contributed by atoms with Crippen molar-refractivity contribution in [3.63, 3.8) is 0 Å². The highest BCUT2D eigenvalue weighted by Crippen LogP contribution is 2.26. The minimum Gasteiger partial charge on any atom is -0.381 e. The quantitative estimate of drug-likeness (QED) is 0.754. The van der Waals surface area contributed by atoms with Crippen LogP contribution in [0.3, 0.4) is 0 Å². The van der Waals surface area contributed by atoms with Gasteiger partial charge >= 0.3 is 11.8 Å². The van der Waals surface area contributed by atoms with Crippen molar-refractivity contribution in [3.05, 3.63) is 36.0 Å². The molecule has 2 aliphatic heterocycles. The van der Waals surface area contributed by atoms with Gasteiger partial charge in [-0.1, -0.05) is 25.1 Å². The molecule has 8 heteroatoms. The number of benzene rings is 1. The summed E-state index contributed by atoms with van der Waals surface area (Å²) < 4.78 is 5.37. The van der Waals surface area contributed by atoms with E-state index in [9.17, 15) is 14.4 Å². The number of aromatic amines is 1. The summed E-state index contributed by atoms with van der Waals surface area (Å²) in [5.41, 5.74) is 1.35. The summed E-state index contributed by atoms with van der Waals surface area (Å²) in [5.74, 6) is -1.22. The molecule has 2 aromatic rings. The van der Waals surface area contributed by atoms with E-state index in [0.717, 1.165) is 17.3 Å². The fraction of sp³-hybridized carbons (Fsp3) is 0.476. The molecule has 1 aromatic carbocycles. The number of piperazine rings is 1. The third-order valence-corrected chi connectivity index (χ3v) is 5.78. The van der Waals surface area contributed by atoms with Crippen molar-refractivity contribution in [1.82, 2.24) is 20.1 Å². The first kappa shape index (κ1) is 19.4. The van der Waals surface area contributed by atoms with Gasteiger partial charge in [-0.3, -0.25) is 14.4 Å². The summed E-state index contributed by atoms with van der Waals surface area (Å²) in [4.78, 5) is 43.8. The maximum absolute atomic E-state index is 12.8. The number of hydrogen-bond acceptors (Lipinski definition) is 4. The van der Waals surface area contributed by atoms with E-state index in [1.807, 2.05) is 37.3 Å². The predicted molar refractivity (Wildman–Crippen MR) is 107 cm³/mol. The second kappa shape index (κ2) is 7.87. The number of hydrogen-bond donors (Lipinski definition) is 2. The van der Waals surface area contributed by atoms with Crippen molar-refractivity contribution in [2.24, 2.45) is 5.41 Å². The molecule has 154 valence electrons. The predicted octanol–water partition coefficient (Wildman–Crippen LogP) is 0.995. The Balaban J connectivity index is 1.29. The van der Waals surface area contributed by atoms with E-state index in [0.29, 0.717) is 51.6 Å². The molecule has 1 atom stereocenters. The van der Waals surface area contributed by atoms with Crippen LogP contribution in [0.4, 0.5) is 0 Å². The summed E-state index contributed by atoms with van der Waals surface area (Å²) in [5, 5.41) is 3.73. The van der Waals surface area contributed by atoms with Crippen LogP contribution in [0, 0.1) is 5.41 Å². The molecule has 0 radical (unpaired) electrons. The molecule has 4 rings (SSSR count). The molecule has 3 amide bonds. The topological polar surface area (TPSA) is 94.7 Å². The number of aromatic nitrogens is 1. The minimum absolute atomic E-state index is 0.0908. The van der Waals surface area contributed by atoms with Crippen LogP contribution in [-0.4, -0.2) is 78.4 Å². The molecule has 2 fully saturated rings. The minimum atomic E-state index is -0.589. The van der Waals surface area contributed by atoms with Crippen molar-refractivity contribution in [3.8, 4) is 0 Å². The van der Waals surface area contributed by atoms with Crippen molar-refractivity contribution >= 4 is 28.6 Å². The first-order valence-electron chi connectivity index (χ1n) is 9.97. The normalized spacial score (nSPS) is 22.1. The van der Waals surface area contributed by atoms with E-state index in [1.165, 1.54) is 4.90 Å². The number of nitrogens with zero attached hydrogens (tertiary/aromatic N) is 2. The van der Waals surface area contributed by atoms with Crippen LogP contribution in [0.15, 0.2) is 30.3 Å². The molecule has 2 saturated heterocycles. The van der Waals surface area contributed by atoms with Gasteiger partial charge in [0.2, 0.25) is 0 Å². The van der Waals surface area contributed by atoms with Crippen molar-refractivity contribution < 1.29 is 19.1 Å². The number of para-hydroxylation sites is 1. The van der Waals surface area contributed by atoms with E-state index in [-0.39, 0.29) is 11.3 Å². The van der Waals surface area contributed by atoms with E-state index in [2.05, 4.69) is 10.3 Å². The summed E-state index contributed by atoms with van der Waals surface area (Å²) >= 11 is 0. The van der Waals surface area contributed by atoms with Crippen LogP contribution in [0.2, 0.25) is 0 Å². The number of ether oxygens (including phenoxy) is 1. The van der Waals surface area contributed by atoms with Gasteiger partial charge in [0.1, 0.15) is 5.69 Å². The molecule has 8 nitrogen and oxygen atoms in total. The van der Waals surface area contributed by atoms with Gasteiger partial charge in [-0.2, -0.15) is 0 Å². The Kier molecular flexibility index (Phi) is 5.27. The molecule has 3 heterocycles. The lowest BCUT2D eigenvalue weighted by molar-refractivity contribution is -0.147. The largest absolute Gasteiger partial charge is 0.381 e. The molecule has 1 aromatic heterocycles. The molecule has 2 aliphatic rings. The highest BCUT2D eigenvalue weighted by Gasteiger charge is 2.33. The van der Waals surface area contributed by atoms with Gasteiger partial charge in [-0.05, 0) is 18.6 Å². The summed E-state index contributed by atoms with van der Waals surface area (Å²) in [7, 11) is 0. The van der Waals surface area contributed by atoms with E-state index in [1.54, 1.807) is 4.90 Å². The molecular weight excluding hydrogens is 372 g/mol. The standard InChI is InChI=1S/C21H26N4O4/c1-21(6-11-29-14-21)13-22-18(26)20(28)25-9-7-24(8-10-25)19(27)17-12-15-4-2-3-5-16(15)23-17/h2-5,12,23H,6-11,13-14H2,1H3,(H,22,26). The molecule has 29 heavy (non-hydrogen) atoms. The lowest BCUT2D eigenvalue weighted by atomic mass is 9.90. The van der Waals surface area contributed by atoms with Crippen LogP contribution in [0.5, 0.6) is 0 Å². The summed E-state index contributed by atoms with van der Waals surface area (Å²) in [6.45, 7) is 5.24. The smallest absolute Gasteiger partial charge is 0.312 e. The van der Waals surface area contributed by atoms with Gasteiger partial charge < -0.3 is 24.8 Å². The molecule has 0 spiro atoms. The third kappa shape index (κ3) is 4.12. The van der Waals surface area contributed by atoms with Crippen LogP contribution in [0.25, 0.3) is 10.9 Å². The van der Waals surface area contributed by atoms with Crippen LogP contribution in [-0.2, 0) is 14.3 Å². The Labute approximate surface area is 169 Å². The first-order valence-corrected chi connectivity index (χ1v) is 9.97. The van der Waals surface area contributed by atoms with Gasteiger partial charge in [0.05, 0.1) is 6.61 Å². The average Bonchev–Trinajstić information content (AvgIpc) is 3.38. The SMILES string of the molecule is CC1(CNC(=O)C(=O)N2CCN(C(=O)c3cc4ccccc4[nH]3)CC2)CCOC1. The van der Waals surface area contributed by atoms with Crippen molar-refractivity contribution in [2.45, 2.75) is 13.3 Å². The molecule has 1 unspecified atom stereocenters. The fourth-order valence-electron chi connectivity index (χ4n) is 3.83. The van der Waals surface area contributed by atoms with Crippen LogP contribution in [0.1, 0.15) is 23.8 Å². The number of carbonyl (C=O) groups excluding carboxylic acids is 3. The van der Waals surface area contributed by atoms with Crippen LogP contribution < -0.4 is 5.32 Å². The number of rotatable bonds is 3. The summed E-state index contributed by atoms with van der Waals surface area (Å²) in [6.07, 6.45) is 0.871. The monoisotopic (exact) mass is 398 g/mol. The Hall–Kier alpha value is -2.87. The molecule has 0 saturated carbocycles. The molecular formula is C21H26N4O4. The number of carbonyl (C=O) groups is 3. The number of H-pyrrole nitrogens is 1. The number of amides is 3. The van der Waals surface area contributed by atoms with Gasteiger partial charge in [-0.25, -0.2) is 0 Å². The second-order valence-electron chi connectivity index (χ2n) is 8.15. The molecule has 0 bridgehead atoms. The molecule has 2 N–H and O–H groups in total.